The Hall–Kier alpha value is -1.17. The highest BCUT2D eigenvalue weighted by molar-refractivity contribution is 9.10. The van der Waals surface area contributed by atoms with Crippen molar-refractivity contribution in [3.63, 3.8) is 0 Å². The molecule has 1 atom stereocenters. The molecule has 1 N–H and O–H groups in total. The van der Waals surface area contributed by atoms with Crippen LogP contribution in [0.25, 0.3) is 0 Å². The van der Waals surface area contributed by atoms with E-state index in [0.29, 0.717) is 4.90 Å². The standard InChI is InChI=1S/C16H18BrNO2S/c1-12-5-3-4-6-15(12)16(18-2)11-21(19,20)14-9-7-13(17)8-10-14/h3-10,16,18H,11H2,1-2H3. The van der Waals surface area contributed by atoms with Crippen molar-refractivity contribution in [2.45, 2.75) is 17.9 Å². The maximum atomic E-state index is 12.5. The fourth-order valence-corrected chi connectivity index (χ4v) is 4.06. The lowest BCUT2D eigenvalue weighted by atomic mass is 10.0. The maximum Gasteiger partial charge on any atom is 0.180 e. The van der Waals surface area contributed by atoms with Gasteiger partial charge in [-0.25, -0.2) is 8.42 Å². The summed E-state index contributed by atoms with van der Waals surface area (Å²) in [6.07, 6.45) is 0. The van der Waals surface area contributed by atoms with Crippen LogP contribution in [0.4, 0.5) is 0 Å². The number of nitrogens with one attached hydrogen (secondary N) is 1. The van der Waals surface area contributed by atoms with Crippen molar-refractivity contribution >= 4 is 25.8 Å². The Labute approximate surface area is 134 Å². The first-order valence-corrected chi connectivity index (χ1v) is 9.09. The van der Waals surface area contributed by atoms with Crippen molar-refractivity contribution in [2.24, 2.45) is 0 Å². The number of rotatable bonds is 5. The van der Waals surface area contributed by atoms with E-state index in [1.165, 1.54) is 0 Å². The molecule has 0 heterocycles. The number of hydrogen-bond donors (Lipinski definition) is 1. The Morgan fingerprint density at radius 1 is 1.10 bits per heavy atom. The minimum Gasteiger partial charge on any atom is -0.312 e. The Kier molecular flexibility index (Phi) is 5.19. The first-order valence-electron chi connectivity index (χ1n) is 6.65. The molecule has 0 amide bonds. The second kappa shape index (κ2) is 6.73. The van der Waals surface area contributed by atoms with Gasteiger partial charge in [-0.15, -0.1) is 0 Å². The molecule has 0 saturated heterocycles. The zero-order valence-electron chi connectivity index (χ0n) is 12.0. The number of aryl methyl sites for hydroxylation is 1. The van der Waals surface area contributed by atoms with Gasteiger partial charge in [0.1, 0.15) is 0 Å². The third-order valence-corrected chi connectivity index (χ3v) is 5.76. The van der Waals surface area contributed by atoms with E-state index >= 15 is 0 Å². The van der Waals surface area contributed by atoms with Gasteiger partial charge in [0.05, 0.1) is 10.6 Å². The van der Waals surface area contributed by atoms with Crippen LogP contribution in [0.3, 0.4) is 0 Å². The Balaban J connectivity index is 2.30. The second-order valence-corrected chi connectivity index (χ2v) is 7.88. The van der Waals surface area contributed by atoms with Gasteiger partial charge in [-0.2, -0.15) is 0 Å². The number of hydrogen-bond acceptors (Lipinski definition) is 3. The van der Waals surface area contributed by atoms with Gasteiger partial charge in [0.2, 0.25) is 0 Å². The van der Waals surface area contributed by atoms with Crippen molar-refractivity contribution in [3.05, 3.63) is 64.1 Å². The summed E-state index contributed by atoms with van der Waals surface area (Å²) >= 11 is 3.32. The molecule has 112 valence electrons. The van der Waals surface area contributed by atoms with E-state index < -0.39 is 9.84 Å². The largest absolute Gasteiger partial charge is 0.312 e. The van der Waals surface area contributed by atoms with E-state index in [9.17, 15) is 8.42 Å². The zero-order chi connectivity index (χ0) is 15.5. The predicted octanol–water partition coefficient (Wildman–Crippen LogP) is 3.49. The van der Waals surface area contributed by atoms with Gasteiger partial charge in [0, 0.05) is 10.5 Å². The second-order valence-electron chi connectivity index (χ2n) is 4.93. The van der Waals surface area contributed by atoms with Gasteiger partial charge in [-0.1, -0.05) is 40.2 Å². The third kappa shape index (κ3) is 3.93. The van der Waals surface area contributed by atoms with Crippen LogP contribution in [0.5, 0.6) is 0 Å². The van der Waals surface area contributed by atoms with Crippen molar-refractivity contribution in [3.8, 4) is 0 Å². The smallest absolute Gasteiger partial charge is 0.180 e. The Morgan fingerprint density at radius 3 is 2.29 bits per heavy atom. The van der Waals surface area contributed by atoms with Gasteiger partial charge < -0.3 is 5.32 Å². The highest BCUT2D eigenvalue weighted by Crippen LogP contribution is 2.23. The van der Waals surface area contributed by atoms with Crippen LogP contribution in [-0.2, 0) is 9.84 Å². The molecular formula is C16H18BrNO2S. The molecule has 0 spiro atoms. The molecule has 0 aliphatic heterocycles. The first-order chi connectivity index (χ1) is 9.94. The molecule has 1 unspecified atom stereocenters. The van der Waals surface area contributed by atoms with E-state index in [2.05, 4.69) is 21.2 Å². The van der Waals surface area contributed by atoms with E-state index in [1.807, 2.05) is 31.2 Å². The summed E-state index contributed by atoms with van der Waals surface area (Å²) in [6.45, 7) is 1.99. The molecule has 2 rings (SSSR count). The van der Waals surface area contributed by atoms with Crippen molar-refractivity contribution in [1.82, 2.24) is 5.32 Å². The van der Waals surface area contributed by atoms with Gasteiger partial charge >= 0.3 is 0 Å². The molecule has 2 aromatic carbocycles. The van der Waals surface area contributed by atoms with Gasteiger partial charge in [0.15, 0.2) is 9.84 Å². The van der Waals surface area contributed by atoms with Crippen molar-refractivity contribution in [1.29, 1.82) is 0 Å². The SMILES string of the molecule is CNC(CS(=O)(=O)c1ccc(Br)cc1)c1ccccc1C. The summed E-state index contributed by atoms with van der Waals surface area (Å²) in [6, 6.07) is 14.4. The zero-order valence-corrected chi connectivity index (χ0v) is 14.4. The van der Waals surface area contributed by atoms with E-state index in [0.717, 1.165) is 15.6 Å². The molecule has 0 radical (unpaired) electrons. The Bertz CT molecular complexity index is 711. The molecule has 0 saturated carbocycles. The first kappa shape index (κ1) is 16.2. The highest BCUT2D eigenvalue weighted by atomic mass is 79.9. The van der Waals surface area contributed by atoms with Gasteiger partial charge in [0.25, 0.3) is 0 Å². The normalized spacial score (nSPS) is 13.1. The molecule has 0 aliphatic rings. The summed E-state index contributed by atoms with van der Waals surface area (Å²) in [5, 5.41) is 3.11. The van der Waals surface area contributed by atoms with E-state index in [1.54, 1.807) is 31.3 Å². The summed E-state index contributed by atoms with van der Waals surface area (Å²) in [5.74, 6) is 0.0377. The fourth-order valence-electron chi connectivity index (χ4n) is 2.26. The lowest BCUT2D eigenvalue weighted by molar-refractivity contribution is 0.573. The summed E-state index contributed by atoms with van der Waals surface area (Å²) in [7, 11) is -1.55. The average Bonchev–Trinajstić information content (AvgIpc) is 2.46. The summed E-state index contributed by atoms with van der Waals surface area (Å²) in [4.78, 5) is 0.347. The van der Waals surface area contributed by atoms with Crippen LogP contribution in [0, 0.1) is 6.92 Å². The number of sulfone groups is 1. The van der Waals surface area contributed by atoms with Crippen molar-refractivity contribution in [2.75, 3.05) is 12.8 Å². The molecule has 3 nitrogen and oxygen atoms in total. The van der Waals surface area contributed by atoms with E-state index in [-0.39, 0.29) is 11.8 Å². The van der Waals surface area contributed by atoms with Crippen LogP contribution in [0.15, 0.2) is 57.9 Å². The quantitative estimate of drug-likeness (QED) is 0.879. The minimum atomic E-state index is -3.34. The fraction of sp³-hybridized carbons (Fsp3) is 0.250. The molecule has 0 bridgehead atoms. The average molecular weight is 368 g/mol. The lowest BCUT2D eigenvalue weighted by Gasteiger charge is -2.19. The summed E-state index contributed by atoms with van der Waals surface area (Å²) in [5.41, 5.74) is 2.10. The molecule has 2 aromatic rings. The van der Waals surface area contributed by atoms with Gasteiger partial charge in [-0.3, -0.25) is 0 Å². The topological polar surface area (TPSA) is 46.2 Å². The van der Waals surface area contributed by atoms with Crippen molar-refractivity contribution < 1.29 is 8.42 Å². The van der Waals surface area contributed by atoms with Crippen LogP contribution >= 0.6 is 15.9 Å². The van der Waals surface area contributed by atoms with Gasteiger partial charge in [-0.05, 0) is 49.4 Å². The van der Waals surface area contributed by atoms with E-state index in [4.69, 9.17) is 0 Å². The third-order valence-electron chi connectivity index (χ3n) is 3.47. The molecule has 5 heteroatoms. The number of halogens is 1. The molecule has 0 fully saturated rings. The van der Waals surface area contributed by atoms with Crippen LogP contribution in [-0.4, -0.2) is 21.2 Å². The van der Waals surface area contributed by atoms with Crippen LogP contribution < -0.4 is 5.32 Å². The molecule has 0 aromatic heterocycles. The molecule has 21 heavy (non-hydrogen) atoms. The Morgan fingerprint density at radius 2 is 1.71 bits per heavy atom. The molecular weight excluding hydrogens is 350 g/mol. The number of benzene rings is 2. The maximum absolute atomic E-state index is 12.5. The lowest BCUT2D eigenvalue weighted by Crippen LogP contribution is -2.26. The van der Waals surface area contributed by atoms with Crippen LogP contribution in [0.2, 0.25) is 0 Å². The minimum absolute atomic E-state index is 0.0377. The molecule has 0 aliphatic carbocycles. The summed E-state index contributed by atoms with van der Waals surface area (Å²) < 4.78 is 26.0. The highest BCUT2D eigenvalue weighted by Gasteiger charge is 2.22. The monoisotopic (exact) mass is 367 g/mol. The van der Waals surface area contributed by atoms with Crippen LogP contribution in [0.1, 0.15) is 17.2 Å². The predicted molar refractivity (Wildman–Crippen MR) is 89.2 cm³/mol.